The van der Waals surface area contributed by atoms with E-state index in [-0.39, 0.29) is 11.7 Å². The van der Waals surface area contributed by atoms with E-state index >= 15 is 0 Å². The second kappa shape index (κ2) is 7.32. The molecule has 8 heteroatoms. The fourth-order valence-electron chi connectivity index (χ4n) is 1.67. The number of hydrogen-bond donors (Lipinski definition) is 2. The topological polar surface area (TPSA) is 101 Å². The number of nitro groups is 1. The van der Waals surface area contributed by atoms with Gasteiger partial charge in [0.2, 0.25) is 10.0 Å². The molecule has 1 rings (SSSR count). The predicted molar refractivity (Wildman–Crippen MR) is 77.0 cm³/mol. The standard InChI is InChI=1S/C12H19N3O4S/c1-10(13-8-3-9-14-20(2,18)19)11-4-6-12(7-5-11)15(16)17/h4-7,10,13-14H,3,8-9H2,1-2H3. The Labute approximate surface area is 118 Å². The molecule has 1 aromatic rings. The second-order valence-corrected chi connectivity index (χ2v) is 6.38. The Hall–Kier alpha value is -1.51. The predicted octanol–water partition coefficient (Wildman–Crippen LogP) is 1.18. The molecule has 0 aliphatic rings. The summed E-state index contributed by atoms with van der Waals surface area (Å²) in [6.45, 7) is 2.99. The Bertz CT molecular complexity index is 542. The maximum absolute atomic E-state index is 10.9. The molecule has 112 valence electrons. The first-order valence-corrected chi connectivity index (χ1v) is 8.11. The minimum atomic E-state index is -3.13. The zero-order valence-electron chi connectivity index (χ0n) is 11.5. The SMILES string of the molecule is CC(NCCCNS(C)(=O)=O)c1ccc([N+](=O)[O-])cc1. The summed E-state index contributed by atoms with van der Waals surface area (Å²) in [5.74, 6) is 0. The third-order valence-electron chi connectivity index (χ3n) is 2.77. The number of sulfonamides is 1. The molecule has 0 heterocycles. The first kappa shape index (κ1) is 16.5. The zero-order valence-corrected chi connectivity index (χ0v) is 12.3. The van der Waals surface area contributed by atoms with Crippen molar-refractivity contribution in [2.75, 3.05) is 19.3 Å². The first-order valence-electron chi connectivity index (χ1n) is 6.22. The van der Waals surface area contributed by atoms with Crippen LogP contribution in [0.3, 0.4) is 0 Å². The highest BCUT2D eigenvalue weighted by Gasteiger charge is 2.08. The molecule has 1 aromatic carbocycles. The normalized spacial score (nSPS) is 13.1. The summed E-state index contributed by atoms with van der Waals surface area (Å²) in [5.41, 5.74) is 1.02. The zero-order chi connectivity index (χ0) is 15.2. The van der Waals surface area contributed by atoms with Gasteiger partial charge >= 0.3 is 0 Å². The third kappa shape index (κ3) is 6.09. The maximum atomic E-state index is 10.9. The highest BCUT2D eigenvalue weighted by molar-refractivity contribution is 7.88. The highest BCUT2D eigenvalue weighted by atomic mass is 32.2. The van der Waals surface area contributed by atoms with E-state index in [1.165, 1.54) is 12.1 Å². The first-order chi connectivity index (χ1) is 9.29. The van der Waals surface area contributed by atoms with E-state index in [9.17, 15) is 18.5 Å². The van der Waals surface area contributed by atoms with Gasteiger partial charge in [-0.1, -0.05) is 12.1 Å². The molecule has 2 N–H and O–H groups in total. The van der Waals surface area contributed by atoms with E-state index in [1.54, 1.807) is 12.1 Å². The number of nitro benzene ring substituents is 1. The molecule has 0 aliphatic carbocycles. The fourth-order valence-corrected chi connectivity index (χ4v) is 2.18. The van der Waals surface area contributed by atoms with Crippen LogP contribution in [0.5, 0.6) is 0 Å². The summed E-state index contributed by atoms with van der Waals surface area (Å²) < 4.78 is 24.1. The molecular weight excluding hydrogens is 282 g/mol. The summed E-state index contributed by atoms with van der Waals surface area (Å²) in [4.78, 5) is 10.1. The third-order valence-corrected chi connectivity index (χ3v) is 3.50. The van der Waals surface area contributed by atoms with Crippen LogP contribution in [-0.4, -0.2) is 32.7 Å². The monoisotopic (exact) mass is 301 g/mol. The summed E-state index contributed by atoms with van der Waals surface area (Å²) >= 11 is 0. The van der Waals surface area contributed by atoms with Gasteiger partial charge in [0.05, 0.1) is 11.2 Å². The van der Waals surface area contributed by atoms with Crippen LogP contribution < -0.4 is 10.0 Å². The Morgan fingerprint density at radius 3 is 2.35 bits per heavy atom. The molecular formula is C12H19N3O4S. The van der Waals surface area contributed by atoms with Crippen molar-refractivity contribution in [2.24, 2.45) is 0 Å². The molecule has 0 aliphatic heterocycles. The molecule has 7 nitrogen and oxygen atoms in total. The van der Waals surface area contributed by atoms with Gasteiger partial charge in [-0.2, -0.15) is 0 Å². The summed E-state index contributed by atoms with van der Waals surface area (Å²) in [7, 11) is -3.13. The lowest BCUT2D eigenvalue weighted by atomic mass is 10.1. The van der Waals surface area contributed by atoms with Crippen molar-refractivity contribution >= 4 is 15.7 Å². The van der Waals surface area contributed by atoms with E-state index in [0.717, 1.165) is 11.8 Å². The van der Waals surface area contributed by atoms with Crippen molar-refractivity contribution in [1.82, 2.24) is 10.0 Å². The van der Waals surface area contributed by atoms with Gasteiger partial charge in [0, 0.05) is 24.7 Å². The van der Waals surface area contributed by atoms with Crippen molar-refractivity contribution < 1.29 is 13.3 Å². The smallest absolute Gasteiger partial charge is 0.269 e. The second-order valence-electron chi connectivity index (χ2n) is 4.54. The van der Waals surface area contributed by atoms with Gasteiger partial charge in [-0.3, -0.25) is 10.1 Å². The highest BCUT2D eigenvalue weighted by Crippen LogP contribution is 2.17. The van der Waals surface area contributed by atoms with Crippen LogP contribution >= 0.6 is 0 Å². The number of benzene rings is 1. The van der Waals surface area contributed by atoms with Crippen LogP contribution in [0.15, 0.2) is 24.3 Å². The lowest BCUT2D eigenvalue weighted by Crippen LogP contribution is -2.27. The number of rotatable bonds is 8. The van der Waals surface area contributed by atoms with Crippen molar-refractivity contribution in [2.45, 2.75) is 19.4 Å². The minimum Gasteiger partial charge on any atom is -0.310 e. The lowest BCUT2D eigenvalue weighted by Gasteiger charge is -2.14. The van der Waals surface area contributed by atoms with E-state index in [2.05, 4.69) is 10.0 Å². The molecule has 20 heavy (non-hydrogen) atoms. The molecule has 0 radical (unpaired) electrons. The van der Waals surface area contributed by atoms with Gasteiger partial charge in [-0.25, -0.2) is 13.1 Å². The van der Waals surface area contributed by atoms with Crippen LogP contribution in [0.4, 0.5) is 5.69 Å². The Balaban J connectivity index is 2.35. The maximum Gasteiger partial charge on any atom is 0.269 e. The van der Waals surface area contributed by atoms with Gasteiger partial charge in [0.15, 0.2) is 0 Å². The van der Waals surface area contributed by atoms with Crippen LogP contribution in [0.25, 0.3) is 0 Å². The molecule has 0 bridgehead atoms. The minimum absolute atomic E-state index is 0.0500. The number of nitrogens with one attached hydrogen (secondary N) is 2. The van der Waals surface area contributed by atoms with Crippen molar-refractivity contribution in [3.8, 4) is 0 Å². The van der Waals surface area contributed by atoms with Gasteiger partial charge in [0.25, 0.3) is 5.69 Å². The molecule has 0 saturated heterocycles. The van der Waals surface area contributed by atoms with Crippen LogP contribution in [0, 0.1) is 10.1 Å². The Morgan fingerprint density at radius 2 is 1.85 bits per heavy atom. The van der Waals surface area contributed by atoms with E-state index < -0.39 is 14.9 Å². The van der Waals surface area contributed by atoms with Crippen LogP contribution in [0.1, 0.15) is 24.9 Å². The molecule has 1 unspecified atom stereocenters. The largest absolute Gasteiger partial charge is 0.310 e. The molecule has 0 aromatic heterocycles. The van der Waals surface area contributed by atoms with E-state index in [1.807, 2.05) is 6.92 Å². The number of nitrogens with zero attached hydrogens (tertiary/aromatic N) is 1. The van der Waals surface area contributed by atoms with Gasteiger partial charge in [0.1, 0.15) is 0 Å². The summed E-state index contributed by atoms with van der Waals surface area (Å²) in [6.07, 6.45) is 1.80. The summed E-state index contributed by atoms with van der Waals surface area (Å²) in [5, 5.41) is 13.8. The van der Waals surface area contributed by atoms with Crippen molar-refractivity contribution in [3.05, 3.63) is 39.9 Å². The average Bonchev–Trinajstić information content (AvgIpc) is 2.37. The molecule has 0 saturated carbocycles. The van der Waals surface area contributed by atoms with Crippen molar-refractivity contribution in [1.29, 1.82) is 0 Å². The molecule has 0 amide bonds. The quantitative estimate of drug-likeness (QED) is 0.426. The Morgan fingerprint density at radius 1 is 1.25 bits per heavy atom. The average molecular weight is 301 g/mol. The lowest BCUT2D eigenvalue weighted by molar-refractivity contribution is -0.384. The van der Waals surface area contributed by atoms with Gasteiger partial charge in [-0.05, 0) is 25.5 Å². The number of hydrogen-bond acceptors (Lipinski definition) is 5. The molecule has 0 fully saturated rings. The van der Waals surface area contributed by atoms with Gasteiger partial charge < -0.3 is 5.32 Å². The summed E-state index contributed by atoms with van der Waals surface area (Å²) in [6, 6.07) is 6.42. The van der Waals surface area contributed by atoms with Crippen molar-refractivity contribution in [3.63, 3.8) is 0 Å². The van der Waals surface area contributed by atoms with Crippen LogP contribution in [0.2, 0.25) is 0 Å². The number of non-ortho nitro benzene ring substituents is 1. The van der Waals surface area contributed by atoms with Gasteiger partial charge in [-0.15, -0.1) is 0 Å². The molecule has 1 atom stereocenters. The van der Waals surface area contributed by atoms with E-state index in [4.69, 9.17) is 0 Å². The fraction of sp³-hybridized carbons (Fsp3) is 0.500. The molecule has 0 spiro atoms. The Kier molecular flexibility index (Phi) is 6.05. The van der Waals surface area contributed by atoms with E-state index in [0.29, 0.717) is 19.5 Å². The van der Waals surface area contributed by atoms with Crippen LogP contribution in [-0.2, 0) is 10.0 Å².